The molecule has 0 spiro atoms. The summed E-state index contributed by atoms with van der Waals surface area (Å²) >= 11 is -1.15. The number of para-hydroxylation sites is 1. The summed E-state index contributed by atoms with van der Waals surface area (Å²) in [6.45, 7) is 0. The van der Waals surface area contributed by atoms with E-state index in [-0.39, 0.29) is 0 Å². The molecule has 0 aliphatic heterocycles. The van der Waals surface area contributed by atoms with Gasteiger partial charge in [0, 0.05) is 11.6 Å². The third kappa shape index (κ3) is 6.27. The average molecular weight is 541 g/mol. The maximum atomic E-state index is 10.8. The van der Waals surface area contributed by atoms with Crippen molar-refractivity contribution >= 4 is 36.6 Å². The van der Waals surface area contributed by atoms with Crippen molar-refractivity contribution < 1.29 is 9.90 Å². The number of carbonyl (C=O) groups is 1. The van der Waals surface area contributed by atoms with Crippen LogP contribution in [0.1, 0.15) is 107 Å². The van der Waals surface area contributed by atoms with E-state index < -0.39 is 25.7 Å². The first-order valence-corrected chi connectivity index (χ1v) is 18.1. The molecule has 0 bridgehead atoms. The van der Waals surface area contributed by atoms with Gasteiger partial charge in [-0.05, 0) is 12.1 Å². The van der Waals surface area contributed by atoms with Crippen LogP contribution in [0.15, 0.2) is 36.5 Å². The van der Waals surface area contributed by atoms with Crippen LogP contribution < -0.4 is 0 Å². The number of hydrogen-bond acceptors (Lipinski definition) is 2. The Labute approximate surface area is 201 Å². The SMILES string of the molecule is C1CC[CH]([Sn]([CH]2CCCCC2)[CH]2CCCCC2)CC1.O=C(O)c1ccnc2ccccc12. The van der Waals surface area contributed by atoms with Gasteiger partial charge in [-0.1, -0.05) is 18.2 Å². The summed E-state index contributed by atoms with van der Waals surface area (Å²) in [6, 6.07) is 8.69. The van der Waals surface area contributed by atoms with Crippen molar-refractivity contribution in [1.82, 2.24) is 4.98 Å². The first-order chi connectivity index (χ1) is 15.7. The van der Waals surface area contributed by atoms with E-state index in [1.54, 1.807) is 115 Å². The van der Waals surface area contributed by atoms with Crippen LogP contribution in [0.25, 0.3) is 10.9 Å². The minimum atomic E-state index is -1.15. The van der Waals surface area contributed by atoms with Gasteiger partial charge in [-0.15, -0.1) is 0 Å². The van der Waals surface area contributed by atoms with Gasteiger partial charge in [0.1, 0.15) is 0 Å². The van der Waals surface area contributed by atoms with Gasteiger partial charge in [0.05, 0.1) is 11.1 Å². The molecule has 1 heterocycles. The maximum Gasteiger partial charge on any atom is 0.336 e. The Bertz CT molecular complexity index is 803. The maximum absolute atomic E-state index is 10.8. The molecule has 5 rings (SSSR count). The molecule has 1 aromatic heterocycles. The smallest absolute Gasteiger partial charge is 0.336 e. The van der Waals surface area contributed by atoms with Crippen LogP contribution >= 0.6 is 0 Å². The molecule has 3 saturated carbocycles. The normalized spacial score (nSPS) is 21.3. The zero-order valence-corrected chi connectivity index (χ0v) is 22.5. The van der Waals surface area contributed by atoms with Gasteiger partial charge in [-0.3, -0.25) is 4.98 Å². The Hall–Kier alpha value is -1.10. The minimum absolute atomic E-state index is 0.297. The Kier molecular flexibility index (Phi) is 9.30. The van der Waals surface area contributed by atoms with Crippen LogP contribution in [-0.4, -0.2) is 35.8 Å². The first kappa shape index (κ1) is 24.0. The third-order valence-corrected chi connectivity index (χ3v) is 21.1. The van der Waals surface area contributed by atoms with Gasteiger partial charge in [0.25, 0.3) is 0 Å². The molecule has 1 aromatic carbocycles. The number of hydrogen-bond donors (Lipinski definition) is 1. The third-order valence-electron chi connectivity index (χ3n) is 8.11. The quantitative estimate of drug-likeness (QED) is 0.396. The molecule has 173 valence electrons. The number of benzene rings is 1. The van der Waals surface area contributed by atoms with E-state index in [0.29, 0.717) is 16.5 Å². The van der Waals surface area contributed by atoms with Crippen molar-refractivity contribution in [3.05, 3.63) is 42.1 Å². The Morgan fingerprint density at radius 1 is 0.719 bits per heavy atom. The second-order valence-corrected chi connectivity index (χ2v) is 20.0. The molecule has 3 nitrogen and oxygen atoms in total. The van der Waals surface area contributed by atoms with E-state index in [1.165, 1.54) is 24.1 Å². The van der Waals surface area contributed by atoms with Gasteiger partial charge >= 0.3 is 134 Å². The number of fused-ring (bicyclic) bond motifs is 1. The van der Waals surface area contributed by atoms with Crippen LogP contribution in [0, 0.1) is 0 Å². The number of pyridine rings is 1. The van der Waals surface area contributed by atoms with Gasteiger partial charge in [-0.2, -0.15) is 0 Å². The van der Waals surface area contributed by atoms with Gasteiger partial charge in [-0.25, -0.2) is 4.79 Å². The van der Waals surface area contributed by atoms with Gasteiger partial charge in [0.2, 0.25) is 0 Å². The van der Waals surface area contributed by atoms with Crippen molar-refractivity contribution in [3.63, 3.8) is 0 Å². The molecule has 0 saturated heterocycles. The molecular weight excluding hydrogens is 501 g/mol. The predicted octanol–water partition coefficient (Wildman–Crippen LogP) is 8.42. The fourth-order valence-corrected chi connectivity index (χ4v) is 21.5. The number of carboxylic acids is 1. The largest absolute Gasteiger partial charge is 0.478 e. The summed E-state index contributed by atoms with van der Waals surface area (Å²) in [4.78, 5) is 14.8. The van der Waals surface area contributed by atoms with Gasteiger partial charge < -0.3 is 5.11 Å². The zero-order chi connectivity index (χ0) is 22.2. The van der Waals surface area contributed by atoms with Crippen LogP contribution in [-0.2, 0) is 0 Å². The number of nitrogens with zero attached hydrogens (tertiary/aromatic N) is 1. The number of carboxylic acid groups (broad SMARTS) is 1. The summed E-state index contributed by atoms with van der Waals surface area (Å²) in [5.41, 5.74) is 1.01. The van der Waals surface area contributed by atoms with Crippen LogP contribution in [0.5, 0.6) is 0 Å². The zero-order valence-electron chi connectivity index (χ0n) is 19.6. The number of aromatic carboxylic acids is 1. The molecule has 4 heteroatoms. The van der Waals surface area contributed by atoms with Crippen molar-refractivity contribution in [2.75, 3.05) is 0 Å². The van der Waals surface area contributed by atoms with E-state index >= 15 is 0 Å². The van der Waals surface area contributed by atoms with Crippen molar-refractivity contribution in [1.29, 1.82) is 0 Å². The summed E-state index contributed by atoms with van der Waals surface area (Å²) < 4.78 is 3.96. The van der Waals surface area contributed by atoms with Crippen LogP contribution in [0.3, 0.4) is 0 Å². The Morgan fingerprint density at radius 3 is 1.66 bits per heavy atom. The molecule has 3 aliphatic carbocycles. The summed E-state index contributed by atoms with van der Waals surface area (Å²) in [7, 11) is 0. The monoisotopic (exact) mass is 542 g/mol. The van der Waals surface area contributed by atoms with E-state index in [2.05, 4.69) is 4.98 Å². The molecule has 0 unspecified atom stereocenters. The van der Waals surface area contributed by atoms with E-state index in [0.717, 1.165) is 0 Å². The second kappa shape index (κ2) is 12.4. The molecule has 3 fully saturated rings. The molecule has 1 N–H and O–H groups in total. The minimum Gasteiger partial charge on any atom is -0.478 e. The topological polar surface area (TPSA) is 50.2 Å². The number of aromatic nitrogens is 1. The summed E-state index contributed by atoms with van der Waals surface area (Å²) in [5, 5.41) is 9.53. The Balaban J connectivity index is 0.000000165. The molecule has 3 aliphatic rings. The number of rotatable bonds is 4. The second-order valence-electron chi connectivity index (χ2n) is 10.2. The van der Waals surface area contributed by atoms with Crippen LogP contribution in [0.2, 0.25) is 11.8 Å². The van der Waals surface area contributed by atoms with Crippen molar-refractivity contribution in [3.8, 4) is 0 Å². The van der Waals surface area contributed by atoms with E-state index in [1.807, 2.05) is 6.07 Å². The van der Waals surface area contributed by atoms with E-state index in [9.17, 15) is 4.79 Å². The predicted molar refractivity (Wildman–Crippen MR) is 135 cm³/mol. The fourth-order valence-electron chi connectivity index (χ4n) is 6.59. The average Bonchev–Trinajstić information content (AvgIpc) is 2.86. The molecule has 0 atom stereocenters. The van der Waals surface area contributed by atoms with E-state index in [4.69, 9.17) is 5.11 Å². The Morgan fingerprint density at radius 2 is 1.19 bits per heavy atom. The summed E-state index contributed by atoms with van der Waals surface area (Å²) in [6.07, 6.45) is 25.7. The molecule has 32 heavy (non-hydrogen) atoms. The standard InChI is InChI=1S/C10H7NO2.3C6H11.Sn/c12-10(13)8-5-6-11-9-4-2-1-3-7(8)9;3*1-2-4-6-5-3-1;/h1-6H,(H,12,13);3*1H,2-6H2;. The van der Waals surface area contributed by atoms with Crippen LogP contribution in [0.4, 0.5) is 0 Å². The molecular formula is C28H40NO2Sn. The first-order valence-electron chi connectivity index (χ1n) is 13.2. The summed E-state index contributed by atoms with van der Waals surface area (Å²) in [5.74, 6) is -0.918. The molecule has 1 radical (unpaired) electrons. The van der Waals surface area contributed by atoms with Crippen molar-refractivity contribution in [2.45, 2.75) is 108 Å². The van der Waals surface area contributed by atoms with Gasteiger partial charge in [0.15, 0.2) is 0 Å². The fraction of sp³-hybridized carbons (Fsp3) is 0.643. The van der Waals surface area contributed by atoms with Crippen molar-refractivity contribution in [2.24, 2.45) is 0 Å². The molecule has 2 aromatic rings. The molecule has 0 amide bonds.